The molecule has 0 saturated carbocycles. The SMILES string of the molecule is NCC#Cc1ccc(OC(F)(F)F)c(F)c1. The number of benzene rings is 1. The second-order valence-electron chi connectivity index (χ2n) is 2.70. The van der Waals surface area contributed by atoms with Crippen LogP contribution in [-0.2, 0) is 0 Å². The van der Waals surface area contributed by atoms with E-state index in [1.165, 1.54) is 6.07 Å². The third-order valence-corrected chi connectivity index (χ3v) is 1.49. The Morgan fingerprint density at radius 2 is 2.00 bits per heavy atom. The Labute approximate surface area is 89.0 Å². The highest BCUT2D eigenvalue weighted by molar-refractivity contribution is 5.39. The van der Waals surface area contributed by atoms with Crippen LogP contribution in [0.25, 0.3) is 0 Å². The molecule has 1 rings (SSSR count). The van der Waals surface area contributed by atoms with Gasteiger partial charge in [-0.05, 0) is 18.2 Å². The normalized spacial score (nSPS) is 10.6. The largest absolute Gasteiger partial charge is 0.573 e. The summed E-state index contributed by atoms with van der Waals surface area (Å²) in [5.41, 5.74) is 5.32. The smallest absolute Gasteiger partial charge is 0.403 e. The predicted octanol–water partition coefficient (Wildman–Crippen LogP) is 2.03. The van der Waals surface area contributed by atoms with Crippen LogP contribution in [0, 0.1) is 17.7 Å². The van der Waals surface area contributed by atoms with Gasteiger partial charge in [0.15, 0.2) is 11.6 Å². The van der Waals surface area contributed by atoms with Gasteiger partial charge in [0.2, 0.25) is 0 Å². The van der Waals surface area contributed by atoms with Crippen molar-refractivity contribution in [1.82, 2.24) is 0 Å². The van der Waals surface area contributed by atoms with Crippen molar-refractivity contribution in [3.05, 3.63) is 29.6 Å². The number of ether oxygens (including phenoxy) is 1. The van der Waals surface area contributed by atoms with E-state index in [1.54, 1.807) is 0 Å². The first-order valence-corrected chi connectivity index (χ1v) is 4.16. The molecule has 1 aromatic rings. The summed E-state index contributed by atoms with van der Waals surface area (Å²) in [4.78, 5) is 0. The van der Waals surface area contributed by atoms with Crippen LogP contribution in [0.5, 0.6) is 5.75 Å². The van der Waals surface area contributed by atoms with Crippen LogP contribution in [-0.4, -0.2) is 12.9 Å². The molecule has 2 N–H and O–H groups in total. The van der Waals surface area contributed by atoms with Crippen molar-refractivity contribution in [2.75, 3.05) is 6.54 Å². The fourth-order valence-corrected chi connectivity index (χ4v) is 0.939. The molecule has 0 aliphatic carbocycles. The number of halogens is 4. The van der Waals surface area contributed by atoms with E-state index in [9.17, 15) is 17.6 Å². The van der Waals surface area contributed by atoms with Gasteiger partial charge in [0.05, 0.1) is 6.54 Å². The van der Waals surface area contributed by atoms with Crippen LogP contribution in [0.15, 0.2) is 18.2 Å². The van der Waals surface area contributed by atoms with Crippen molar-refractivity contribution in [3.8, 4) is 17.6 Å². The van der Waals surface area contributed by atoms with Crippen molar-refractivity contribution in [2.24, 2.45) is 5.73 Å². The van der Waals surface area contributed by atoms with Crippen LogP contribution in [0.1, 0.15) is 5.56 Å². The van der Waals surface area contributed by atoms with Gasteiger partial charge in [-0.1, -0.05) is 11.8 Å². The second-order valence-corrected chi connectivity index (χ2v) is 2.70. The van der Waals surface area contributed by atoms with E-state index in [0.717, 1.165) is 12.1 Å². The topological polar surface area (TPSA) is 35.2 Å². The standard InChI is InChI=1S/C10H7F4NO/c11-8-6-7(2-1-5-15)3-4-9(8)16-10(12,13)14/h3-4,6H,5,15H2. The highest BCUT2D eigenvalue weighted by atomic mass is 19.4. The molecule has 0 fully saturated rings. The van der Waals surface area contributed by atoms with Crippen molar-refractivity contribution in [2.45, 2.75) is 6.36 Å². The van der Waals surface area contributed by atoms with E-state index in [4.69, 9.17) is 5.73 Å². The molecule has 86 valence electrons. The molecule has 0 amide bonds. The Balaban J connectivity index is 2.92. The molecular formula is C10H7F4NO. The fraction of sp³-hybridized carbons (Fsp3) is 0.200. The summed E-state index contributed by atoms with van der Waals surface area (Å²) in [6, 6.07) is 2.93. The summed E-state index contributed by atoms with van der Waals surface area (Å²) >= 11 is 0. The van der Waals surface area contributed by atoms with Crippen molar-refractivity contribution in [1.29, 1.82) is 0 Å². The van der Waals surface area contributed by atoms with E-state index in [0.29, 0.717) is 0 Å². The van der Waals surface area contributed by atoms with Gasteiger partial charge in [-0.25, -0.2) is 4.39 Å². The maximum Gasteiger partial charge on any atom is 0.573 e. The Hall–Kier alpha value is -1.74. The maximum absolute atomic E-state index is 13.1. The molecule has 0 spiro atoms. The van der Waals surface area contributed by atoms with Gasteiger partial charge in [0.25, 0.3) is 0 Å². The molecular weight excluding hydrogens is 226 g/mol. The van der Waals surface area contributed by atoms with Gasteiger partial charge in [0, 0.05) is 5.56 Å². The fourth-order valence-electron chi connectivity index (χ4n) is 0.939. The van der Waals surface area contributed by atoms with E-state index in [2.05, 4.69) is 16.6 Å². The van der Waals surface area contributed by atoms with Crippen LogP contribution in [0.3, 0.4) is 0 Å². The number of nitrogens with two attached hydrogens (primary N) is 1. The third-order valence-electron chi connectivity index (χ3n) is 1.49. The summed E-state index contributed by atoms with van der Waals surface area (Å²) in [5, 5.41) is 0. The molecule has 16 heavy (non-hydrogen) atoms. The molecule has 0 radical (unpaired) electrons. The van der Waals surface area contributed by atoms with Gasteiger partial charge < -0.3 is 10.5 Å². The first-order valence-electron chi connectivity index (χ1n) is 4.16. The van der Waals surface area contributed by atoms with Crippen molar-refractivity contribution >= 4 is 0 Å². The molecule has 0 bridgehead atoms. The van der Waals surface area contributed by atoms with Crippen LogP contribution < -0.4 is 10.5 Å². The first-order chi connectivity index (χ1) is 7.42. The minimum Gasteiger partial charge on any atom is -0.403 e. The lowest BCUT2D eigenvalue weighted by atomic mass is 10.2. The quantitative estimate of drug-likeness (QED) is 0.595. The van der Waals surface area contributed by atoms with Gasteiger partial charge >= 0.3 is 6.36 Å². The lowest BCUT2D eigenvalue weighted by Crippen LogP contribution is -2.17. The summed E-state index contributed by atoms with van der Waals surface area (Å²) in [7, 11) is 0. The van der Waals surface area contributed by atoms with E-state index >= 15 is 0 Å². The lowest BCUT2D eigenvalue weighted by molar-refractivity contribution is -0.275. The predicted molar refractivity (Wildman–Crippen MR) is 49.0 cm³/mol. The number of alkyl halides is 3. The summed E-state index contributed by atoms with van der Waals surface area (Å²) < 4.78 is 51.9. The Kier molecular flexibility index (Phi) is 3.74. The van der Waals surface area contributed by atoms with E-state index in [1.807, 2.05) is 0 Å². The number of rotatable bonds is 1. The van der Waals surface area contributed by atoms with Crippen molar-refractivity contribution in [3.63, 3.8) is 0 Å². The molecule has 0 aliphatic heterocycles. The number of hydrogen-bond acceptors (Lipinski definition) is 2. The molecule has 6 heteroatoms. The van der Waals surface area contributed by atoms with Crippen molar-refractivity contribution < 1.29 is 22.3 Å². The summed E-state index contributed by atoms with van der Waals surface area (Å²) in [5.74, 6) is 2.92. The monoisotopic (exact) mass is 233 g/mol. The number of hydrogen-bond donors (Lipinski definition) is 1. The molecule has 0 saturated heterocycles. The minimum absolute atomic E-state index is 0.0857. The average molecular weight is 233 g/mol. The molecule has 0 unspecified atom stereocenters. The highest BCUT2D eigenvalue weighted by Crippen LogP contribution is 2.25. The average Bonchev–Trinajstić information content (AvgIpc) is 2.17. The zero-order chi connectivity index (χ0) is 12.2. The Morgan fingerprint density at radius 3 is 2.50 bits per heavy atom. The zero-order valence-electron chi connectivity index (χ0n) is 7.94. The molecule has 0 aliphatic rings. The van der Waals surface area contributed by atoms with Gasteiger partial charge in [-0.15, -0.1) is 13.2 Å². The lowest BCUT2D eigenvalue weighted by Gasteiger charge is -2.09. The van der Waals surface area contributed by atoms with Crippen LogP contribution in [0.2, 0.25) is 0 Å². The van der Waals surface area contributed by atoms with Gasteiger partial charge in [-0.3, -0.25) is 0 Å². The molecule has 0 atom stereocenters. The molecule has 0 heterocycles. The highest BCUT2D eigenvalue weighted by Gasteiger charge is 2.32. The maximum atomic E-state index is 13.1. The van der Waals surface area contributed by atoms with E-state index in [-0.39, 0.29) is 12.1 Å². The zero-order valence-corrected chi connectivity index (χ0v) is 7.94. The van der Waals surface area contributed by atoms with Gasteiger partial charge in [-0.2, -0.15) is 0 Å². The first kappa shape index (κ1) is 12.3. The summed E-state index contributed by atoms with van der Waals surface area (Å²) in [6.07, 6.45) is -4.91. The molecule has 1 aromatic carbocycles. The van der Waals surface area contributed by atoms with Crippen LogP contribution >= 0.6 is 0 Å². The minimum atomic E-state index is -4.91. The van der Waals surface area contributed by atoms with Crippen LogP contribution in [0.4, 0.5) is 17.6 Å². The van der Waals surface area contributed by atoms with E-state index < -0.39 is 17.9 Å². The summed E-state index contributed by atoms with van der Waals surface area (Å²) in [6.45, 7) is 0.0857. The second kappa shape index (κ2) is 4.86. The van der Waals surface area contributed by atoms with Gasteiger partial charge in [0.1, 0.15) is 0 Å². The third kappa shape index (κ3) is 3.79. The Bertz CT molecular complexity index is 431. The molecule has 0 aromatic heterocycles. The Morgan fingerprint density at radius 1 is 1.31 bits per heavy atom. The molecule has 2 nitrogen and oxygen atoms in total.